The highest BCUT2D eigenvalue weighted by molar-refractivity contribution is 5.73. The lowest BCUT2D eigenvalue weighted by Gasteiger charge is -2.05. The second-order valence-corrected chi connectivity index (χ2v) is 2.79. The SMILES string of the molecule is CCOCC(=O)Oc1ccc(OC)cc1. The Kier molecular flexibility index (Phi) is 4.63. The minimum absolute atomic E-state index is 0.0253. The maximum atomic E-state index is 11.1. The number of esters is 1. The summed E-state index contributed by atoms with van der Waals surface area (Å²) in [5, 5.41) is 0. The second kappa shape index (κ2) is 6.03. The summed E-state index contributed by atoms with van der Waals surface area (Å²) < 4.78 is 14.9. The Morgan fingerprint density at radius 1 is 1.20 bits per heavy atom. The average Bonchev–Trinajstić information content (AvgIpc) is 2.27. The molecule has 4 nitrogen and oxygen atoms in total. The largest absolute Gasteiger partial charge is 0.497 e. The van der Waals surface area contributed by atoms with Gasteiger partial charge in [0.25, 0.3) is 0 Å². The summed E-state index contributed by atoms with van der Waals surface area (Å²) in [5.74, 6) is 0.808. The highest BCUT2D eigenvalue weighted by atomic mass is 16.6. The molecular weight excluding hydrogens is 196 g/mol. The van der Waals surface area contributed by atoms with Gasteiger partial charge in [-0.3, -0.25) is 0 Å². The lowest BCUT2D eigenvalue weighted by atomic mass is 10.3. The molecule has 0 atom stereocenters. The first-order chi connectivity index (χ1) is 7.26. The molecule has 0 spiro atoms. The molecule has 0 aliphatic rings. The van der Waals surface area contributed by atoms with Crippen molar-refractivity contribution in [2.24, 2.45) is 0 Å². The number of rotatable bonds is 5. The smallest absolute Gasteiger partial charge is 0.337 e. The fourth-order valence-corrected chi connectivity index (χ4v) is 0.990. The fourth-order valence-electron chi connectivity index (χ4n) is 0.990. The number of hydrogen-bond acceptors (Lipinski definition) is 4. The molecule has 1 aromatic carbocycles. The molecule has 82 valence electrons. The first kappa shape index (κ1) is 11.5. The van der Waals surface area contributed by atoms with Gasteiger partial charge in [-0.1, -0.05) is 0 Å². The summed E-state index contributed by atoms with van der Waals surface area (Å²) in [5.41, 5.74) is 0. The first-order valence-electron chi connectivity index (χ1n) is 4.68. The highest BCUT2D eigenvalue weighted by Gasteiger charge is 2.04. The van der Waals surface area contributed by atoms with Crippen LogP contribution in [0.3, 0.4) is 0 Å². The van der Waals surface area contributed by atoms with Crippen molar-refractivity contribution in [2.75, 3.05) is 20.3 Å². The Labute approximate surface area is 88.8 Å². The molecule has 0 saturated carbocycles. The molecular formula is C11H14O4. The fraction of sp³-hybridized carbons (Fsp3) is 0.364. The molecule has 0 saturated heterocycles. The van der Waals surface area contributed by atoms with E-state index in [4.69, 9.17) is 14.2 Å². The van der Waals surface area contributed by atoms with Crippen LogP contribution in [0.1, 0.15) is 6.92 Å². The van der Waals surface area contributed by atoms with Gasteiger partial charge in [0.1, 0.15) is 18.1 Å². The molecule has 0 N–H and O–H groups in total. The van der Waals surface area contributed by atoms with Crippen LogP contribution in [0.25, 0.3) is 0 Å². The molecule has 1 aromatic rings. The van der Waals surface area contributed by atoms with Gasteiger partial charge in [0.15, 0.2) is 0 Å². The van der Waals surface area contributed by atoms with Crippen LogP contribution in [0.2, 0.25) is 0 Å². The number of carbonyl (C=O) groups is 1. The van der Waals surface area contributed by atoms with Crippen molar-refractivity contribution in [1.82, 2.24) is 0 Å². The van der Waals surface area contributed by atoms with Crippen LogP contribution in [-0.4, -0.2) is 26.3 Å². The summed E-state index contributed by atoms with van der Waals surface area (Å²) in [6.45, 7) is 2.29. The van der Waals surface area contributed by atoms with E-state index >= 15 is 0 Å². The maximum absolute atomic E-state index is 11.1. The van der Waals surface area contributed by atoms with Crippen LogP contribution in [0.15, 0.2) is 24.3 Å². The third-order valence-electron chi connectivity index (χ3n) is 1.72. The summed E-state index contributed by atoms with van der Waals surface area (Å²) in [4.78, 5) is 11.1. The number of benzene rings is 1. The van der Waals surface area contributed by atoms with E-state index in [0.717, 1.165) is 5.75 Å². The highest BCUT2D eigenvalue weighted by Crippen LogP contribution is 2.16. The minimum Gasteiger partial charge on any atom is -0.497 e. The first-order valence-corrected chi connectivity index (χ1v) is 4.68. The normalized spacial score (nSPS) is 9.73. The van der Waals surface area contributed by atoms with Crippen molar-refractivity contribution >= 4 is 5.97 Å². The second-order valence-electron chi connectivity index (χ2n) is 2.79. The van der Waals surface area contributed by atoms with Crippen LogP contribution in [0.5, 0.6) is 11.5 Å². The molecule has 1 rings (SSSR count). The van der Waals surface area contributed by atoms with E-state index in [-0.39, 0.29) is 6.61 Å². The molecule has 4 heteroatoms. The average molecular weight is 210 g/mol. The molecule has 0 aliphatic carbocycles. The maximum Gasteiger partial charge on any atom is 0.337 e. The van der Waals surface area contributed by atoms with E-state index in [2.05, 4.69) is 0 Å². The van der Waals surface area contributed by atoms with Crippen LogP contribution < -0.4 is 9.47 Å². The third kappa shape index (κ3) is 3.99. The number of ether oxygens (including phenoxy) is 3. The zero-order valence-electron chi connectivity index (χ0n) is 8.86. The molecule has 0 aromatic heterocycles. The standard InChI is InChI=1S/C11H14O4/c1-3-14-8-11(12)15-10-6-4-9(13-2)5-7-10/h4-7H,3,8H2,1-2H3. The predicted octanol–water partition coefficient (Wildman–Crippen LogP) is 1.64. The molecule has 0 radical (unpaired) electrons. The zero-order chi connectivity index (χ0) is 11.1. The molecule has 0 aliphatic heterocycles. The van der Waals surface area contributed by atoms with Crippen molar-refractivity contribution in [3.05, 3.63) is 24.3 Å². The van der Waals surface area contributed by atoms with Crippen molar-refractivity contribution in [3.63, 3.8) is 0 Å². The summed E-state index contributed by atoms with van der Waals surface area (Å²) in [6, 6.07) is 6.79. The lowest BCUT2D eigenvalue weighted by molar-refractivity contribution is -0.139. The molecule has 0 fully saturated rings. The Morgan fingerprint density at radius 3 is 2.33 bits per heavy atom. The van der Waals surface area contributed by atoms with Crippen molar-refractivity contribution in [3.8, 4) is 11.5 Å². The van der Waals surface area contributed by atoms with Gasteiger partial charge in [-0.2, -0.15) is 0 Å². The van der Waals surface area contributed by atoms with E-state index in [9.17, 15) is 4.79 Å². The minimum atomic E-state index is -0.401. The van der Waals surface area contributed by atoms with Crippen molar-refractivity contribution in [1.29, 1.82) is 0 Å². The van der Waals surface area contributed by atoms with E-state index in [1.807, 2.05) is 6.92 Å². The Morgan fingerprint density at radius 2 is 1.80 bits per heavy atom. The number of methoxy groups -OCH3 is 1. The quantitative estimate of drug-likeness (QED) is 0.547. The Hall–Kier alpha value is -1.55. The van der Waals surface area contributed by atoms with E-state index in [0.29, 0.717) is 12.4 Å². The van der Waals surface area contributed by atoms with Gasteiger partial charge in [0, 0.05) is 6.61 Å². The molecule has 0 heterocycles. The van der Waals surface area contributed by atoms with Gasteiger partial charge in [-0.25, -0.2) is 4.79 Å². The van der Waals surface area contributed by atoms with Crippen LogP contribution in [-0.2, 0) is 9.53 Å². The van der Waals surface area contributed by atoms with Gasteiger partial charge in [-0.15, -0.1) is 0 Å². The third-order valence-corrected chi connectivity index (χ3v) is 1.72. The van der Waals surface area contributed by atoms with Crippen molar-refractivity contribution in [2.45, 2.75) is 6.92 Å². The van der Waals surface area contributed by atoms with Gasteiger partial charge in [0.05, 0.1) is 7.11 Å². The predicted molar refractivity (Wildman–Crippen MR) is 55.1 cm³/mol. The van der Waals surface area contributed by atoms with Crippen molar-refractivity contribution < 1.29 is 19.0 Å². The topological polar surface area (TPSA) is 44.8 Å². The van der Waals surface area contributed by atoms with E-state index in [1.165, 1.54) is 0 Å². The Bertz CT molecular complexity index is 305. The number of carbonyl (C=O) groups excluding carboxylic acids is 1. The van der Waals surface area contributed by atoms with Crippen LogP contribution in [0.4, 0.5) is 0 Å². The van der Waals surface area contributed by atoms with Crippen LogP contribution in [0, 0.1) is 0 Å². The van der Waals surface area contributed by atoms with Gasteiger partial charge in [0.2, 0.25) is 0 Å². The number of hydrogen-bond donors (Lipinski definition) is 0. The molecule has 0 bridgehead atoms. The monoisotopic (exact) mass is 210 g/mol. The zero-order valence-corrected chi connectivity index (χ0v) is 8.86. The van der Waals surface area contributed by atoms with Gasteiger partial charge >= 0.3 is 5.97 Å². The molecule has 0 amide bonds. The summed E-state index contributed by atoms with van der Waals surface area (Å²) in [7, 11) is 1.58. The lowest BCUT2D eigenvalue weighted by Crippen LogP contribution is -2.15. The Balaban J connectivity index is 2.46. The van der Waals surface area contributed by atoms with Gasteiger partial charge < -0.3 is 14.2 Å². The molecule has 0 unspecified atom stereocenters. The van der Waals surface area contributed by atoms with Crippen LogP contribution >= 0.6 is 0 Å². The van der Waals surface area contributed by atoms with E-state index in [1.54, 1.807) is 31.4 Å². The summed E-state index contributed by atoms with van der Waals surface area (Å²) >= 11 is 0. The van der Waals surface area contributed by atoms with E-state index < -0.39 is 5.97 Å². The summed E-state index contributed by atoms with van der Waals surface area (Å²) in [6.07, 6.45) is 0. The van der Waals surface area contributed by atoms with Gasteiger partial charge in [-0.05, 0) is 31.2 Å². The molecule has 15 heavy (non-hydrogen) atoms.